The highest BCUT2D eigenvalue weighted by atomic mass is 16.5. The van der Waals surface area contributed by atoms with E-state index < -0.39 is 11.9 Å². The second-order valence-electron chi connectivity index (χ2n) is 9.54. The van der Waals surface area contributed by atoms with E-state index in [1.165, 1.54) is 12.1 Å². The standard InChI is InChI=1S/C30H32N4O7/c1-34-27(36)18-25(28(34)21-4-2-14-31-19-21)29(37)32-15-17-41-24-12-10-23(11-13-24)40-16-3-5-26(35)33-22-8-6-20(7-9-22)30(38)39/h2,4,6-14,19,25,28H,3,5,15-18H2,1H3,(H,32,37)(H,33,35)(H,38,39)/t25-,28?/m0/s1. The lowest BCUT2D eigenvalue weighted by molar-refractivity contribution is -0.128. The molecular formula is C30H32N4O7. The van der Waals surface area contributed by atoms with E-state index in [1.807, 2.05) is 6.07 Å². The van der Waals surface area contributed by atoms with E-state index in [1.54, 1.807) is 66.8 Å². The van der Waals surface area contributed by atoms with Crippen molar-refractivity contribution in [2.24, 2.45) is 5.92 Å². The first-order valence-electron chi connectivity index (χ1n) is 13.2. The Labute approximate surface area is 237 Å². The summed E-state index contributed by atoms with van der Waals surface area (Å²) in [6.07, 6.45) is 4.24. The molecule has 1 saturated heterocycles. The highest BCUT2D eigenvalue weighted by Crippen LogP contribution is 2.36. The Morgan fingerprint density at radius 2 is 1.68 bits per heavy atom. The summed E-state index contributed by atoms with van der Waals surface area (Å²) in [5, 5.41) is 14.5. The Hall–Kier alpha value is -4.93. The van der Waals surface area contributed by atoms with E-state index in [4.69, 9.17) is 14.6 Å². The highest BCUT2D eigenvalue weighted by molar-refractivity contribution is 5.92. The Kier molecular flexibility index (Phi) is 9.87. The van der Waals surface area contributed by atoms with Crippen LogP contribution in [-0.4, -0.2) is 65.5 Å². The van der Waals surface area contributed by atoms with Crippen molar-refractivity contribution in [1.29, 1.82) is 0 Å². The first-order valence-corrected chi connectivity index (χ1v) is 13.2. The van der Waals surface area contributed by atoms with E-state index in [0.29, 0.717) is 30.2 Å². The second-order valence-corrected chi connectivity index (χ2v) is 9.54. The van der Waals surface area contributed by atoms with Gasteiger partial charge in [0, 0.05) is 38.0 Å². The van der Waals surface area contributed by atoms with Crippen LogP contribution in [0, 0.1) is 5.92 Å². The maximum Gasteiger partial charge on any atom is 0.335 e. The average Bonchev–Trinajstić information content (AvgIpc) is 3.28. The van der Waals surface area contributed by atoms with Crippen molar-refractivity contribution >= 4 is 29.4 Å². The van der Waals surface area contributed by atoms with Crippen molar-refractivity contribution < 1.29 is 33.8 Å². The molecule has 2 aromatic carbocycles. The lowest BCUT2D eigenvalue weighted by Gasteiger charge is -2.24. The van der Waals surface area contributed by atoms with Gasteiger partial charge < -0.3 is 30.1 Å². The number of aromatic carboxylic acids is 1. The number of nitrogens with zero attached hydrogens (tertiary/aromatic N) is 2. The van der Waals surface area contributed by atoms with E-state index >= 15 is 0 Å². The zero-order valence-corrected chi connectivity index (χ0v) is 22.6. The lowest BCUT2D eigenvalue weighted by atomic mass is 9.94. The van der Waals surface area contributed by atoms with Crippen molar-refractivity contribution in [3.05, 3.63) is 84.2 Å². The minimum absolute atomic E-state index is 0.0781. The van der Waals surface area contributed by atoms with E-state index in [-0.39, 0.29) is 55.3 Å². The van der Waals surface area contributed by atoms with Crippen LogP contribution < -0.4 is 20.1 Å². The molecule has 3 amide bonds. The number of nitrogens with one attached hydrogen (secondary N) is 2. The van der Waals surface area contributed by atoms with E-state index in [9.17, 15) is 19.2 Å². The molecule has 41 heavy (non-hydrogen) atoms. The third-order valence-corrected chi connectivity index (χ3v) is 6.68. The van der Waals surface area contributed by atoms with Crippen LogP contribution in [-0.2, 0) is 14.4 Å². The SMILES string of the molecule is CN1C(=O)C[C@H](C(=O)NCCOc2ccc(OCCCC(=O)Nc3ccc(C(=O)O)cc3)cc2)C1c1cccnc1. The molecule has 0 bridgehead atoms. The van der Waals surface area contributed by atoms with Crippen LogP contribution in [0.4, 0.5) is 5.69 Å². The van der Waals surface area contributed by atoms with Gasteiger partial charge >= 0.3 is 5.97 Å². The monoisotopic (exact) mass is 560 g/mol. The molecule has 1 aromatic heterocycles. The van der Waals surface area contributed by atoms with E-state index in [2.05, 4.69) is 15.6 Å². The predicted molar refractivity (Wildman–Crippen MR) is 150 cm³/mol. The topological polar surface area (TPSA) is 147 Å². The van der Waals surface area contributed by atoms with Gasteiger partial charge in [-0.3, -0.25) is 19.4 Å². The normalized spacial score (nSPS) is 16.2. The number of hydrogen-bond acceptors (Lipinski definition) is 7. The maximum absolute atomic E-state index is 12.8. The smallest absolute Gasteiger partial charge is 0.335 e. The van der Waals surface area contributed by atoms with Crippen LogP contribution >= 0.6 is 0 Å². The molecule has 0 aliphatic carbocycles. The Balaban J connectivity index is 1.13. The molecule has 1 aliphatic rings. The molecule has 11 nitrogen and oxygen atoms in total. The number of ether oxygens (including phenoxy) is 2. The van der Waals surface area contributed by atoms with Crippen molar-refractivity contribution in [2.45, 2.75) is 25.3 Å². The lowest BCUT2D eigenvalue weighted by Crippen LogP contribution is -2.36. The molecule has 11 heteroatoms. The second kappa shape index (κ2) is 13.9. The Morgan fingerprint density at radius 3 is 2.32 bits per heavy atom. The van der Waals surface area contributed by atoms with Crippen molar-refractivity contribution in [1.82, 2.24) is 15.2 Å². The third-order valence-electron chi connectivity index (χ3n) is 6.68. The quantitative estimate of drug-likeness (QED) is 0.270. The number of carbonyl (C=O) groups excluding carboxylic acids is 3. The summed E-state index contributed by atoms with van der Waals surface area (Å²) < 4.78 is 11.4. The molecule has 0 saturated carbocycles. The molecule has 214 valence electrons. The van der Waals surface area contributed by atoms with Gasteiger partial charge in [-0.15, -0.1) is 0 Å². The first kappa shape index (κ1) is 29.1. The fourth-order valence-corrected chi connectivity index (χ4v) is 4.56. The fraction of sp³-hybridized carbons (Fsp3) is 0.300. The van der Waals surface area contributed by atoms with Gasteiger partial charge in [-0.1, -0.05) is 6.07 Å². The predicted octanol–water partition coefficient (Wildman–Crippen LogP) is 3.29. The number of hydrogen-bond donors (Lipinski definition) is 3. The van der Waals surface area contributed by atoms with Gasteiger partial charge in [0.15, 0.2) is 0 Å². The van der Waals surface area contributed by atoms with Gasteiger partial charge in [0.1, 0.15) is 18.1 Å². The summed E-state index contributed by atoms with van der Waals surface area (Å²) in [4.78, 5) is 53.8. The van der Waals surface area contributed by atoms with Gasteiger partial charge in [0.25, 0.3) is 0 Å². The van der Waals surface area contributed by atoms with E-state index in [0.717, 1.165) is 5.56 Å². The summed E-state index contributed by atoms with van der Waals surface area (Å²) in [5.74, 6) is -0.738. The summed E-state index contributed by atoms with van der Waals surface area (Å²) in [5.41, 5.74) is 1.51. The number of carboxylic acids is 1. The van der Waals surface area contributed by atoms with Gasteiger partial charge in [-0.05, 0) is 66.6 Å². The number of anilines is 1. The number of aromatic nitrogens is 1. The summed E-state index contributed by atoms with van der Waals surface area (Å²) in [6, 6.07) is 16.3. The molecule has 2 heterocycles. The summed E-state index contributed by atoms with van der Waals surface area (Å²) in [6.45, 7) is 0.891. The summed E-state index contributed by atoms with van der Waals surface area (Å²) in [7, 11) is 1.70. The number of amides is 3. The highest BCUT2D eigenvalue weighted by Gasteiger charge is 2.42. The first-order chi connectivity index (χ1) is 19.8. The molecule has 2 atom stereocenters. The molecule has 4 rings (SSSR count). The molecule has 1 aliphatic heterocycles. The maximum atomic E-state index is 12.8. The zero-order chi connectivity index (χ0) is 29.2. The minimum atomic E-state index is -1.02. The number of likely N-dealkylation sites (tertiary alicyclic amines) is 1. The molecule has 1 fully saturated rings. The van der Waals surface area contributed by atoms with Gasteiger partial charge in [-0.25, -0.2) is 4.79 Å². The van der Waals surface area contributed by atoms with Crippen molar-refractivity contribution in [2.75, 3.05) is 32.1 Å². The van der Waals surface area contributed by atoms with Gasteiger partial charge in [0.05, 0.1) is 30.7 Å². The van der Waals surface area contributed by atoms with Crippen LogP contribution in [0.5, 0.6) is 11.5 Å². The molecule has 3 N–H and O–H groups in total. The number of carboxylic acid groups (broad SMARTS) is 1. The van der Waals surface area contributed by atoms with Crippen LogP contribution in [0.1, 0.15) is 41.2 Å². The van der Waals surface area contributed by atoms with Gasteiger partial charge in [0.2, 0.25) is 17.7 Å². The minimum Gasteiger partial charge on any atom is -0.494 e. The van der Waals surface area contributed by atoms with Crippen LogP contribution in [0.3, 0.4) is 0 Å². The zero-order valence-electron chi connectivity index (χ0n) is 22.6. The molecule has 1 unspecified atom stereocenters. The molecule has 3 aromatic rings. The number of benzene rings is 2. The number of rotatable bonds is 13. The number of pyridine rings is 1. The van der Waals surface area contributed by atoms with Crippen LogP contribution in [0.15, 0.2) is 73.1 Å². The molecule has 0 spiro atoms. The summed E-state index contributed by atoms with van der Waals surface area (Å²) >= 11 is 0. The van der Waals surface area contributed by atoms with Crippen LogP contribution in [0.2, 0.25) is 0 Å². The molecule has 0 radical (unpaired) electrons. The number of carbonyl (C=O) groups is 4. The fourth-order valence-electron chi connectivity index (χ4n) is 4.56. The van der Waals surface area contributed by atoms with Crippen molar-refractivity contribution in [3.63, 3.8) is 0 Å². The molecular weight excluding hydrogens is 528 g/mol. The Bertz CT molecular complexity index is 1350. The third kappa shape index (κ3) is 8.04. The van der Waals surface area contributed by atoms with Crippen molar-refractivity contribution in [3.8, 4) is 11.5 Å². The van der Waals surface area contributed by atoms with Gasteiger partial charge in [-0.2, -0.15) is 0 Å². The average molecular weight is 561 g/mol. The Morgan fingerprint density at radius 1 is 1.00 bits per heavy atom. The van der Waals surface area contributed by atoms with Crippen LogP contribution in [0.25, 0.3) is 0 Å². The largest absolute Gasteiger partial charge is 0.494 e.